The van der Waals surface area contributed by atoms with Crippen LogP contribution in [0, 0.1) is 11.8 Å². The van der Waals surface area contributed by atoms with Gasteiger partial charge in [-0.05, 0) is 51.5 Å². The van der Waals surface area contributed by atoms with Gasteiger partial charge in [0.25, 0.3) is 0 Å². The summed E-state index contributed by atoms with van der Waals surface area (Å²) in [6, 6.07) is 0. The maximum absolute atomic E-state index is 11.5. The van der Waals surface area contributed by atoms with Crippen molar-refractivity contribution in [1.29, 1.82) is 0 Å². The Bertz CT molecular complexity index is 2070. The average molecular weight is 1200 g/mol. The van der Waals surface area contributed by atoms with Crippen molar-refractivity contribution in [1.82, 2.24) is 17.8 Å². The summed E-state index contributed by atoms with van der Waals surface area (Å²) in [4.78, 5) is 21.5. The number of aliphatic hydroxyl groups is 4. The van der Waals surface area contributed by atoms with Gasteiger partial charge in [-0.25, -0.2) is 30.0 Å². The van der Waals surface area contributed by atoms with E-state index in [4.69, 9.17) is 43.5 Å². The number of rotatable bonds is 6. The molecule has 0 unspecified atom stereocenters. The Morgan fingerprint density at radius 3 is 1.41 bits per heavy atom. The third-order valence-corrected chi connectivity index (χ3v) is 11.7. The summed E-state index contributed by atoms with van der Waals surface area (Å²) >= 11 is -1.69. The van der Waals surface area contributed by atoms with Crippen LogP contribution in [-0.4, -0.2) is 211 Å². The van der Waals surface area contributed by atoms with Gasteiger partial charge in [0.2, 0.25) is 30.1 Å². The van der Waals surface area contributed by atoms with Crippen LogP contribution < -0.4 is 0 Å². The van der Waals surface area contributed by atoms with Gasteiger partial charge in [0.1, 0.15) is 17.3 Å². The third kappa shape index (κ3) is 30.3. The first kappa shape index (κ1) is 68.5. The fourth-order valence-electron chi connectivity index (χ4n) is 4.92. The van der Waals surface area contributed by atoms with Gasteiger partial charge in [0.15, 0.2) is 0 Å². The second kappa shape index (κ2) is 31.1. The maximum atomic E-state index is 11.5. The Hall–Kier alpha value is -2.06. The summed E-state index contributed by atoms with van der Waals surface area (Å²) in [6.07, 6.45) is 0.865. The van der Waals surface area contributed by atoms with E-state index >= 15 is 0 Å². The van der Waals surface area contributed by atoms with Crippen LogP contribution in [0.25, 0.3) is 0 Å². The topological polar surface area (TPSA) is 339 Å². The van der Waals surface area contributed by atoms with E-state index < -0.39 is 87.1 Å². The Morgan fingerprint density at radius 2 is 1.19 bits per heavy atom. The molecule has 64 heavy (non-hydrogen) atoms. The molecule has 0 aromatic rings. The number of hydrogen-bond acceptors (Lipinski definition) is 21. The number of amides is 1. The van der Waals surface area contributed by atoms with Gasteiger partial charge in [0.05, 0.1) is 57.3 Å². The van der Waals surface area contributed by atoms with Gasteiger partial charge in [-0.3, -0.25) is 0 Å². The van der Waals surface area contributed by atoms with E-state index in [0.717, 1.165) is 29.7 Å². The van der Waals surface area contributed by atoms with Crippen LogP contribution in [-0.2, 0) is 85.1 Å². The third-order valence-electron chi connectivity index (χ3n) is 8.01. The van der Waals surface area contributed by atoms with E-state index in [2.05, 4.69) is 43.6 Å². The molecule has 0 aromatic carbocycles. The number of sulfonamides is 3. The number of likely N-dealkylation sites (tertiary alicyclic amines) is 1. The Balaban J connectivity index is -0.000000344. The predicted molar refractivity (Wildman–Crippen MR) is 236 cm³/mol. The number of hydrogen-bond donors (Lipinski definition) is 4. The summed E-state index contributed by atoms with van der Waals surface area (Å²) in [6.45, 7) is 24.6. The van der Waals surface area contributed by atoms with E-state index in [0.29, 0.717) is 30.8 Å². The molecule has 4 rings (SSSR count). The van der Waals surface area contributed by atoms with Crippen LogP contribution >= 0.6 is 7.36 Å². The zero-order valence-corrected chi connectivity index (χ0v) is 44.8. The van der Waals surface area contributed by atoms with Crippen LogP contribution in [0.4, 0.5) is 4.79 Å². The molecule has 4 aliphatic heterocycles. The number of β-amino-alcohol motifs (C(OH)–C–C–N with tert-alkyl or cyclic N) is 3. The molecule has 0 aromatic heterocycles. The molecule has 30 heteroatoms. The molecule has 5 atom stereocenters. The fraction of sp³-hybridized carbons (Fsp3) is 0.765. The first-order valence-corrected chi connectivity index (χ1v) is 30.2. The number of ether oxygens (including phenoxy) is 3. The quantitative estimate of drug-likeness (QED) is 0.117. The first-order valence-electron chi connectivity index (χ1n) is 18.1. The van der Waals surface area contributed by atoms with Gasteiger partial charge in [-0.2, -0.15) is 24.7 Å². The number of nitroso groups, excluding NO2 is 1. The molecular weight excluding hydrogens is 1130 g/mol. The predicted octanol–water partition coefficient (Wildman–Crippen LogP) is -0.0647. The van der Waals surface area contributed by atoms with Gasteiger partial charge < -0.3 is 46.5 Å². The van der Waals surface area contributed by atoms with Crippen LogP contribution in [0.2, 0.25) is 0 Å². The van der Waals surface area contributed by atoms with Crippen molar-refractivity contribution >= 4 is 55.3 Å². The second-order valence-electron chi connectivity index (χ2n) is 14.5. The van der Waals surface area contributed by atoms with Gasteiger partial charge in [-0.1, -0.05) is 36.7 Å². The van der Waals surface area contributed by atoms with Gasteiger partial charge in [-0.15, -0.1) is 0 Å². The van der Waals surface area contributed by atoms with Crippen LogP contribution in [0.15, 0.2) is 41.6 Å². The van der Waals surface area contributed by atoms with Crippen LogP contribution in [0.1, 0.15) is 27.7 Å². The monoisotopic (exact) mass is 1200 g/mol. The first-order chi connectivity index (χ1) is 28.8. The van der Waals surface area contributed by atoms with E-state index in [9.17, 15) is 40.3 Å². The minimum absolute atomic E-state index is 0.0758. The molecule has 0 aliphatic carbocycles. The molecule has 0 saturated carbocycles. The summed E-state index contributed by atoms with van der Waals surface area (Å²) in [5, 5.41) is 39.5. The molecule has 4 N–H and O–H groups in total. The fourth-order valence-corrected chi connectivity index (χ4v) is 7.40. The van der Waals surface area contributed by atoms with E-state index in [1.54, 1.807) is 14.0 Å². The Kier molecular flexibility index (Phi) is 33.3. The SMILES string of the molecule is C=C1CN(C(=O)OC(C)(C)C)C[C@H]1O.C=C1CN(S(C)(=O)=O)C[C@@H]1OC.C=C1CN(S(C)(=O)=O)C[C@H]1O.CN=O.CO[C@H]1CN(S(C)(=O)=O)C[C@@]1(O)CO.CP=S.[CH2-]C.[O]=[Os](=[O])(=[O])=[O]. The summed E-state index contributed by atoms with van der Waals surface area (Å²) in [5.41, 5.74) is 0.0678. The number of aliphatic hydroxyl groups excluding tert-OH is 3. The molecule has 1 amide bonds. The van der Waals surface area contributed by atoms with E-state index in [-0.39, 0.29) is 38.8 Å². The molecule has 4 saturated heterocycles. The molecule has 0 radical (unpaired) electrons. The molecule has 24 nitrogen and oxygen atoms in total. The molecular formula is C34H67N5O19OsPS4-. The standard InChI is InChI=1S/C10H17NO3.C7H15NO5S.C7H13NO3S.C6H11NO3S.C2H5.CH3NO.CH3PS.4O.Os/c1-7-5-11(6-8(7)12)9(13)14-10(2,3)4;1-13-6-3-8(14(2,11)12)4-7(6,10)5-9;1-6-4-8(12(3,9)10)5-7(6)11-2;1-5-3-7(4-6(5)8)11(2,9)10;1-2;2*1-2-3;;;;;/h8,12H,1,5-6H2,2-4H3;6,9-10H,3-5H2,1-2H3;7H,1,4-5H2,2-3H3;6,8H,1,3-4H2,2H3;1H2,2H3;2*1H3;;;;;/q;;;;-1;;;;;;;/t8-;6-,7+;7-;6-;;;;;;;;/m1001......../s1. The zero-order valence-electron chi connectivity index (χ0n) is 38.1. The van der Waals surface area contributed by atoms with Crippen molar-refractivity contribution in [3.63, 3.8) is 0 Å². The summed E-state index contributed by atoms with van der Waals surface area (Å²) in [7, 11) is -4.46. The molecule has 4 heterocycles. The minimum atomic E-state index is -6.06. The zero-order chi connectivity index (χ0) is 51.8. The average Bonchev–Trinajstić information content (AvgIpc) is 3.89. The van der Waals surface area contributed by atoms with Crippen molar-refractivity contribution in [2.75, 3.05) is 106 Å². The van der Waals surface area contributed by atoms with Crippen molar-refractivity contribution in [3.8, 4) is 0 Å². The Labute approximate surface area is 387 Å². The summed E-state index contributed by atoms with van der Waals surface area (Å²) in [5.74, 6) is 0. The number of methoxy groups -OCH3 is 2. The molecule has 4 aliphatic rings. The van der Waals surface area contributed by atoms with Crippen LogP contribution in [0.5, 0.6) is 0 Å². The van der Waals surface area contributed by atoms with Crippen molar-refractivity contribution in [3.05, 3.63) is 48.3 Å². The Morgan fingerprint density at radius 1 is 0.828 bits per heavy atom. The molecule has 0 spiro atoms. The van der Waals surface area contributed by atoms with E-state index in [1.807, 2.05) is 27.4 Å². The molecule has 4 fully saturated rings. The van der Waals surface area contributed by atoms with Crippen molar-refractivity contribution in [2.24, 2.45) is 5.18 Å². The normalized spacial score (nSPS) is 23.9. The molecule has 0 bridgehead atoms. The van der Waals surface area contributed by atoms with Gasteiger partial charge >= 0.3 is 35.1 Å². The van der Waals surface area contributed by atoms with E-state index in [1.165, 1.54) is 33.9 Å². The van der Waals surface area contributed by atoms with Crippen LogP contribution in [0.3, 0.4) is 0 Å². The molecule has 380 valence electrons. The van der Waals surface area contributed by atoms with Crippen molar-refractivity contribution in [2.45, 2.75) is 63.3 Å². The summed E-state index contributed by atoms with van der Waals surface area (Å²) < 4.78 is 120. The number of carbonyl (C=O) groups is 1. The van der Waals surface area contributed by atoms with Gasteiger partial charge in [0, 0.05) is 60.0 Å². The number of carbonyl (C=O) groups excluding carboxylic acids is 1. The number of nitrogens with zero attached hydrogens (tertiary/aromatic N) is 5. The van der Waals surface area contributed by atoms with Crippen molar-refractivity contribution < 1.29 is 93.7 Å². The second-order valence-corrected chi connectivity index (χ2v) is 24.4.